The third-order valence-electron chi connectivity index (χ3n) is 1.76. The van der Waals surface area contributed by atoms with Gasteiger partial charge in [0.15, 0.2) is 0 Å². The van der Waals surface area contributed by atoms with Gasteiger partial charge in [-0.05, 0) is 12.1 Å². The van der Waals surface area contributed by atoms with Crippen molar-refractivity contribution in [3.8, 4) is 0 Å². The van der Waals surface area contributed by atoms with Crippen LogP contribution in [0, 0.1) is 0 Å². The lowest BCUT2D eigenvalue weighted by molar-refractivity contribution is -0.129. The van der Waals surface area contributed by atoms with Gasteiger partial charge in [-0.2, -0.15) is 0 Å². The van der Waals surface area contributed by atoms with Crippen LogP contribution in [0.15, 0.2) is 12.1 Å². The SMILES string of the molecule is CN(Cc1ccc(Cl)s1)C(=O)CCBr. The monoisotopic (exact) mass is 295 g/mol. The average molecular weight is 297 g/mol. The van der Waals surface area contributed by atoms with Gasteiger partial charge in [0.1, 0.15) is 0 Å². The molecule has 0 unspecified atom stereocenters. The van der Waals surface area contributed by atoms with E-state index in [9.17, 15) is 4.79 Å². The summed E-state index contributed by atoms with van der Waals surface area (Å²) in [5, 5.41) is 0.710. The molecular formula is C9H11BrClNOS. The fourth-order valence-corrected chi connectivity index (χ4v) is 2.51. The molecule has 0 atom stereocenters. The number of thiophene rings is 1. The van der Waals surface area contributed by atoms with E-state index in [-0.39, 0.29) is 5.91 Å². The van der Waals surface area contributed by atoms with Gasteiger partial charge in [0.05, 0.1) is 10.9 Å². The Morgan fingerprint density at radius 1 is 1.64 bits per heavy atom. The molecule has 0 aliphatic heterocycles. The molecule has 0 spiro atoms. The number of rotatable bonds is 4. The van der Waals surface area contributed by atoms with Crippen molar-refractivity contribution in [1.82, 2.24) is 4.90 Å². The molecule has 5 heteroatoms. The van der Waals surface area contributed by atoms with Crippen molar-refractivity contribution < 1.29 is 4.79 Å². The fraction of sp³-hybridized carbons (Fsp3) is 0.444. The Hall–Kier alpha value is -0.0600. The Balaban J connectivity index is 2.48. The van der Waals surface area contributed by atoms with Crippen LogP contribution in [0.4, 0.5) is 0 Å². The van der Waals surface area contributed by atoms with Crippen molar-refractivity contribution in [3.63, 3.8) is 0 Å². The molecule has 1 aromatic rings. The molecule has 0 N–H and O–H groups in total. The maximum Gasteiger partial charge on any atom is 0.223 e. The zero-order valence-electron chi connectivity index (χ0n) is 7.80. The van der Waals surface area contributed by atoms with Crippen molar-refractivity contribution in [2.24, 2.45) is 0 Å². The molecule has 0 aliphatic carbocycles. The van der Waals surface area contributed by atoms with Gasteiger partial charge >= 0.3 is 0 Å². The average Bonchev–Trinajstić information content (AvgIpc) is 2.51. The summed E-state index contributed by atoms with van der Waals surface area (Å²) in [5.41, 5.74) is 0. The molecule has 0 bridgehead atoms. The lowest BCUT2D eigenvalue weighted by atomic mass is 10.4. The molecule has 14 heavy (non-hydrogen) atoms. The van der Waals surface area contributed by atoms with E-state index in [0.717, 1.165) is 9.21 Å². The lowest BCUT2D eigenvalue weighted by Gasteiger charge is -2.15. The largest absolute Gasteiger partial charge is 0.341 e. The Morgan fingerprint density at radius 2 is 2.36 bits per heavy atom. The molecule has 2 nitrogen and oxygen atoms in total. The summed E-state index contributed by atoms with van der Waals surface area (Å²) in [4.78, 5) is 14.2. The molecule has 1 amide bonds. The maximum atomic E-state index is 11.4. The predicted molar refractivity (Wildman–Crippen MR) is 64.2 cm³/mol. The van der Waals surface area contributed by atoms with Crippen molar-refractivity contribution in [1.29, 1.82) is 0 Å². The molecule has 0 radical (unpaired) electrons. The first-order chi connectivity index (χ1) is 6.63. The number of carbonyl (C=O) groups is 1. The number of hydrogen-bond donors (Lipinski definition) is 0. The van der Waals surface area contributed by atoms with Crippen LogP contribution in [0.3, 0.4) is 0 Å². The Kier molecular flexibility index (Phi) is 4.92. The second-order valence-electron chi connectivity index (χ2n) is 2.89. The van der Waals surface area contributed by atoms with Gasteiger partial charge in [0, 0.05) is 23.7 Å². The van der Waals surface area contributed by atoms with E-state index in [0.29, 0.717) is 18.3 Å². The summed E-state index contributed by atoms with van der Waals surface area (Å²) in [6.07, 6.45) is 0.537. The third kappa shape index (κ3) is 3.59. The zero-order valence-corrected chi connectivity index (χ0v) is 11.0. The Morgan fingerprint density at radius 3 is 2.86 bits per heavy atom. The van der Waals surface area contributed by atoms with Crippen molar-refractivity contribution in [2.75, 3.05) is 12.4 Å². The van der Waals surface area contributed by atoms with Crippen LogP contribution in [0.2, 0.25) is 4.34 Å². The van der Waals surface area contributed by atoms with Gasteiger partial charge in [-0.1, -0.05) is 27.5 Å². The van der Waals surface area contributed by atoms with Crippen molar-refractivity contribution >= 4 is 44.8 Å². The molecule has 1 heterocycles. The van der Waals surface area contributed by atoms with Gasteiger partial charge in [-0.3, -0.25) is 4.79 Å². The summed E-state index contributed by atoms with van der Waals surface area (Å²) in [6.45, 7) is 0.642. The van der Waals surface area contributed by atoms with Gasteiger partial charge in [0.25, 0.3) is 0 Å². The highest BCUT2D eigenvalue weighted by molar-refractivity contribution is 9.09. The maximum absolute atomic E-state index is 11.4. The Labute approximate surface area is 101 Å². The minimum atomic E-state index is 0.145. The first kappa shape index (κ1) is 12.0. The van der Waals surface area contributed by atoms with Crippen LogP contribution in [0.25, 0.3) is 0 Å². The molecule has 0 aromatic carbocycles. The minimum Gasteiger partial charge on any atom is -0.341 e. The van der Waals surface area contributed by atoms with E-state index >= 15 is 0 Å². The molecule has 0 fully saturated rings. The van der Waals surface area contributed by atoms with E-state index in [1.54, 1.807) is 11.9 Å². The number of hydrogen-bond acceptors (Lipinski definition) is 2. The smallest absolute Gasteiger partial charge is 0.223 e. The number of nitrogens with zero attached hydrogens (tertiary/aromatic N) is 1. The molecule has 0 saturated carbocycles. The van der Waals surface area contributed by atoms with E-state index in [1.165, 1.54) is 11.3 Å². The van der Waals surface area contributed by atoms with Gasteiger partial charge < -0.3 is 4.90 Å². The molecule has 78 valence electrons. The van der Waals surface area contributed by atoms with E-state index in [2.05, 4.69) is 15.9 Å². The number of alkyl halides is 1. The van der Waals surface area contributed by atoms with Crippen LogP contribution in [-0.2, 0) is 11.3 Å². The van der Waals surface area contributed by atoms with Gasteiger partial charge in [-0.25, -0.2) is 0 Å². The number of carbonyl (C=O) groups excluding carboxylic acids is 1. The molecule has 0 aliphatic rings. The zero-order chi connectivity index (χ0) is 10.6. The Bertz CT molecular complexity index is 316. The summed E-state index contributed by atoms with van der Waals surface area (Å²) >= 11 is 10.5. The fourth-order valence-electron chi connectivity index (χ4n) is 1.03. The molecule has 1 rings (SSSR count). The van der Waals surface area contributed by atoms with Gasteiger partial charge in [-0.15, -0.1) is 11.3 Å². The number of amides is 1. The highest BCUT2D eigenvalue weighted by Crippen LogP contribution is 2.22. The van der Waals surface area contributed by atoms with E-state index < -0.39 is 0 Å². The number of halogens is 2. The minimum absolute atomic E-state index is 0.145. The van der Waals surface area contributed by atoms with Gasteiger partial charge in [0.2, 0.25) is 5.91 Å². The van der Waals surface area contributed by atoms with Crippen LogP contribution in [0.5, 0.6) is 0 Å². The lowest BCUT2D eigenvalue weighted by Crippen LogP contribution is -2.25. The van der Waals surface area contributed by atoms with E-state index in [1.807, 2.05) is 12.1 Å². The highest BCUT2D eigenvalue weighted by atomic mass is 79.9. The summed E-state index contributed by atoms with van der Waals surface area (Å²) in [7, 11) is 1.80. The van der Waals surface area contributed by atoms with Crippen LogP contribution < -0.4 is 0 Å². The third-order valence-corrected chi connectivity index (χ3v) is 3.37. The summed E-state index contributed by atoms with van der Waals surface area (Å²) in [6, 6.07) is 3.80. The topological polar surface area (TPSA) is 20.3 Å². The van der Waals surface area contributed by atoms with Crippen LogP contribution in [-0.4, -0.2) is 23.2 Å². The highest BCUT2D eigenvalue weighted by Gasteiger charge is 2.09. The van der Waals surface area contributed by atoms with Crippen molar-refractivity contribution in [2.45, 2.75) is 13.0 Å². The standard InChI is InChI=1S/C9H11BrClNOS/c1-12(9(13)4-5-10)6-7-2-3-8(11)14-7/h2-3H,4-6H2,1H3. The second-order valence-corrected chi connectivity index (χ2v) is 5.49. The van der Waals surface area contributed by atoms with E-state index in [4.69, 9.17) is 11.6 Å². The van der Waals surface area contributed by atoms with Crippen LogP contribution in [0.1, 0.15) is 11.3 Å². The summed E-state index contributed by atoms with van der Waals surface area (Å²) in [5.74, 6) is 0.145. The summed E-state index contributed by atoms with van der Waals surface area (Å²) < 4.78 is 0.765. The first-order valence-electron chi connectivity index (χ1n) is 4.17. The van der Waals surface area contributed by atoms with Crippen molar-refractivity contribution in [3.05, 3.63) is 21.3 Å². The van der Waals surface area contributed by atoms with Crippen LogP contribution >= 0.6 is 38.9 Å². The molecule has 1 aromatic heterocycles. The predicted octanol–water partition coefficient (Wildman–Crippen LogP) is 3.14. The molecular weight excluding hydrogens is 286 g/mol. The second kappa shape index (κ2) is 5.73. The first-order valence-corrected chi connectivity index (χ1v) is 6.49. The quantitative estimate of drug-likeness (QED) is 0.782. The normalized spacial score (nSPS) is 10.2. The molecule has 0 saturated heterocycles.